The molecule has 0 saturated heterocycles. The summed E-state index contributed by atoms with van der Waals surface area (Å²) in [5, 5.41) is 3.06. The van der Waals surface area contributed by atoms with Gasteiger partial charge >= 0.3 is 0 Å². The van der Waals surface area contributed by atoms with E-state index in [-0.39, 0.29) is 15.5 Å². The number of para-hydroxylation sites is 1. The highest BCUT2D eigenvalue weighted by molar-refractivity contribution is 7.93. The molecule has 0 fully saturated rings. The first-order valence-corrected chi connectivity index (χ1v) is 15.1. The Balaban J connectivity index is 1.53. The van der Waals surface area contributed by atoms with Crippen LogP contribution in [0.5, 0.6) is 0 Å². The maximum atomic E-state index is 13.4. The number of hydrogen-bond donors (Lipinski definition) is 2. The molecule has 0 aliphatic heterocycles. The molecular weight excluding hydrogens is 558 g/mol. The van der Waals surface area contributed by atoms with Crippen molar-refractivity contribution in [3.8, 4) is 0 Å². The van der Waals surface area contributed by atoms with Gasteiger partial charge in [0, 0.05) is 10.7 Å². The number of carbonyl (C=O) groups is 1. The van der Waals surface area contributed by atoms with Crippen molar-refractivity contribution < 1.29 is 21.6 Å². The van der Waals surface area contributed by atoms with Crippen molar-refractivity contribution in [1.82, 2.24) is 0 Å². The molecule has 0 unspecified atom stereocenters. The van der Waals surface area contributed by atoms with Crippen molar-refractivity contribution in [2.75, 3.05) is 20.9 Å². The predicted molar refractivity (Wildman–Crippen MR) is 154 cm³/mol. The first kappa shape index (κ1) is 28.2. The third-order valence-electron chi connectivity index (χ3n) is 5.90. The van der Waals surface area contributed by atoms with Gasteiger partial charge in [-0.3, -0.25) is 13.8 Å². The van der Waals surface area contributed by atoms with E-state index in [0.717, 1.165) is 15.4 Å². The van der Waals surface area contributed by atoms with Crippen LogP contribution in [0.25, 0.3) is 0 Å². The van der Waals surface area contributed by atoms with Crippen molar-refractivity contribution in [2.45, 2.75) is 23.6 Å². The molecular formula is C28H26ClN3O5S2. The number of amides is 1. The minimum Gasteiger partial charge on any atom is -0.325 e. The van der Waals surface area contributed by atoms with Gasteiger partial charge in [-0.2, -0.15) is 0 Å². The number of carbonyl (C=O) groups excluding carboxylic acids is 1. The van der Waals surface area contributed by atoms with Crippen LogP contribution in [-0.2, 0) is 24.8 Å². The van der Waals surface area contributed by atoms with E-state index < -0.39 is 32.5 Å². The molecule has 0 aromatic heterocycles. The van der Waals surface area contributed by atoms with Gasteiger partial charge in [0.15, 0.2) is 0 Å². The summed E-state index contributed by atoms with van der Waals surface area (Å²) in [5.74, 6) is -0.617. The van der Waals surface area contributed by atoms with E-state index in [0.29, 0.717) is 16.4 Å². The van der Waals surface area contributed by atoms with Crippen LogP contribution in [-0.4, -0.2) is 29.3 Å². The van der Waals surface area contributed by atoms with E-state index in [1.807, 2.05) is 32.0 Å². The van der Waals surface area contributed by atoms with Crippen LogP contribution in [0.3, 0.4) is 0 Å². The second-order valence-electron chi connectivity index (χ2n) is 8.75. The number of nitrogens with zero attached hydrogens (tertiary/aromatic N) is 1. The Morgan fingerprint density at radius 2 is 1.33 bits per heavy atom. The summed E-state index contributed by atoms with van der Waals surface area (Å²) in [6.45, 7) is 3.11. The summed E-state index contributed by atoms with van der Waals surface area (Å²) in [6, 6.07) is 25.0. The maximum Gasteiger partial charge on any atom is 0.264 e. The summed E-state index contributed by atoms with van der Waals surface area (Å²) in [7, 11) is -7.95. The Kier molecular flexibility index (Phi) is 8.29. The van der Waals surface area contributed by atoms with Gasteiger partial charge in [0.05, 0.1) is 21.2 Å². The number of nitrogens with one attached hydrogen (secondary N) is 2. The monoisotopic (exact) mass is 583 g/mol. The molecule has 0 heterocycles. The molecule has 11 heteroatoms. The molecule has 8 nitrogen and oxygen atoms in total. The Hall–Kier alpha value is -3.86. The Morgan fingerprint density at radius 3 is 1.92 bits per heavy atom. The zero-order valence-electron chi connectivity index (χ0n) is 21.1. The standard InChI is InChI=1S/C28H26ClN3O5S2/c1-20-7-6-8-21(2)28(20)31-38(34,35)25-17-13-23(14-18-25)30-27(33)19-32(24-15-11-22(29)12-16-24)39(36,37)26-9-4-3-5-10-26/h3-18,31H,19H2,1-2H3,(H,30,33). The highest BCUT2D eigenvalue weighted by atomic mass is 35.5. The van der Waals surface area contributed by atoms with Crippen LogP contribution < -0.4 is 14.3 Å². The fourth-order valence-corrected chi connectivity index (χ4v) is 6.63. The molecule has 0 aliphatic carbocycles. The molecule has 4 aromatic rings. The second kappa shape index (κ2) is 11.5. The van der Waals surface area contributed by atoms with Gasteiger partial charge < -0.3 is 5.32 Å². The zero-order chi connectivity index (χ0) is 28.2. The smallest absolute Gasteiger partial charge is 0.264 e. The number of sulfonamides is 2. The van der Waals surface area contributed by atoms with Crippen LogP contribution in [0.15, 0.2) is 107 Å². The van der Waals surface area contributed by atoms with Crippen LogP contribution >= 0.6 is 11.6 Å². The van der Waals surface area contributed by atoms with Crippen LogP contribution in [0.1, 0.15) is 11.1 Å². The SMILES string of the molecule is Cc1cccc(C)c1NS(=O)(=O)c1ccc(NC(=O)CN(c2ccc(Cl)cc2)S(=O)(=O)c2ccccc2)cc1. The average Bonchev–Trinajstić information content (AvgIpc) is 2.91. The lowest BCUT2D eigenvalue weighted by atomic mass is 10.1. The fraction of sp³-hybridized carbons (Fsp3) is 0.107. The third kappa shape index (κ3) is 6.59. The molecule has 4 rings (SSSR count). The number of halogens is 1. The van der Waals surface area contributed by atoms with Gasteiger partial charge in [0.1, 0.15) is 6.54 Å². The molecule has 0 atom stereocenters. The van der Waals surface area contributed by atoms with Crippen LogP contribution in [0.4, 0.5) is 17.1 Å². The highest BCUT2D eigenvalue weighted by Gasteiger charge is 2.27. The Labute approximate surface area is 233 Å². The van der Waals surface area contributed by atoms with Gasteiger partial charge in [-0.05, 0) is 85.6 Å². The quantitative estimate of drug-likeness (QED) is 0.267. The average molecular weight is 584 g/mol. The summed E-state index contributed by atoms with van der Waals surface area (Å²) in [6.07, 6.45) is 0. The first-order valence-electron chi connectivity index (χ1n) is 11.8. The molecule has 0 bridgehead atoms. The molecule has 2 N–H and O–H groups in total. The summed E-state index contributed by atoms with van der Waals surface area (Å²) < 4.78 is 56.3. The zero-order valence-corrected chi connectivity index (χ0v) is 23.5. The molecule has 1 amide bonds. The van der Waals surface area contributed by atoms with Crippen molar-refractivity contribution >= 4 is 54.6 Å². The van der Waals surface area contributed by atoms with Gasteiger partial charge in [-0.15, -0.1) is 0 Å². The lowest BCUT2D eigenvalue weighted by Crippen LogP contribution is -2.38. The molecule has 0 spiro atoms. The summed E-state index contributed by atoms with van der Waals surface area (Å²) in [5.41, 5.74) is 2.66. The number of aryl methyl sites for hydroxylation is 2. The Morgan fingerprint density at radius 1 is 0.744 bits per heavy atom. The molecule has 202 valence electrons. The number of hydrogen-bond acceptors (Lipinski definition) is 5. The third-order valence-corrected chi connectivity index (χ3v) is 9.30. The van der Waals surface area contributed by atoms with E-state index >= 15 is 0 Å². The van der Waals surface area contributed by atoms with Gasteiger partial charge in [-0.25, -0.2) is 16.8 Å². The molecule has 0 saturated carbocycles. The second-order valence-corrected chi connectivity index (χ2v) is 12.7. The lowest BCUT2D eigenvalue weighted by Gasteiger charge is -2.24. The number of rotatable bonds is 9. The van der Waals surface area contributed by atoms with Gasteiger partial charge in [0.25, 0.3) is 20.0 Å². The largest absolute Gasteiger partial charge is 0.325 e. The fourth-order valence-electron chi connectivity index (χ4n) is 3.86. The minimum atomic E-state index is -4.08. The van der Waals surface area contributed by atoms with E-state index in [4.69, 9.17) is 11.6 Å². The number of anilines is 3. The highest BCUT2D eigenvalue weighted by Crippen LogP contribution is 2.26. The first-order chi connectivity index (χ1) is 18.5. The molecule has 0 aliphatic rings. The van der Waals surface area contributed by atoms with Crippen molar-refractivity contribution in [1.29, 1.82) is 0 Å². The van der Waals surface area contributed by atoms with E-state index in [9.17, 15) is 21.6 Å². The minimum absolute atomic E-state index is 0.0117. The number of benzene rings is 4. The lowest BCUT2D eigenvalue weighted by molar-refractivity contribution is -0.114. The maximum absolute atomic E-state index is 13.4. The van der Waals surface area contributed by atoms with E-state index in [2.05, 4.69) is 10.0 Å². The summed E-state index contributed by atoms with van der Waals surface area (Å²) in [4.78, 5) is 13.0. The van der Waals surface area contributed by atoms with Gasteiger partial charge in [0.2, 0.25) is 5.91 Å². The molecule has 4 aromatic carbocycles. The summed E-state index contributed by atoms with van der Waals surface area (Å²) >= 11 is 5.97. The van der Waals surface area contributed by atoms with Crippen molar-refractivity contribution in [2.24, 2.45) is 0 Å². The van der Waals surface area contributed by atoms with Crippen molar-refractivity contribution in [3.05, 3.63) is 113 Å². The van der Waals surface area contributed by atoms with Crippen LogP contribution in [0.2, 0.25) is 5.02 Å². The van der Waals surface area contributed by atoms with Gasteiger partial charge in [-0.1, -0.05) is 48.0 Å². The van der Waals surface area contributed by atoms with E-state index in [1.54, 1.807) is 18.2 Å². The molecule has 0 radical (unpaired) electrons. The van der Waals surface area contributed by atoms with Crippen LogP contribution in [0, 0.1) is 13.8 Å². The Bertz CT molecular complexity index is 1670. The molecule has 39 heavy (non-hydrogen) atoms. The predicted octanol–water partition coefficient (Wildman–Crippen LogP) is 5.59. The normalized spacial score (nSPS) is 11.6. The topological polar surface area (TPSA) is 113 Å². The van der Waals surface area contributed by atoms with Crippen molar-refractivity contribution in [3.63, 3.8) is 0 Å². The van der Waals surface area contributed by atoms with E-state index in [1.165, 1.54) is 60.7 Å².